The smallest absolute Gasteiger partial charge is 0.340 e. The molecule has 3 nitrogen and oxygen atoms in total. The van der Waals surface area contributed by atoms with Crippen molar-refractivity contribution in [3.8, 4) is 0 Å². The van der Waals surface area contributed by atoms with Gasteiger partial charge >= 0.3 is 6.18 Å². The molecule has 2 fully saturated rings. The SMILES string of the molecule is O=C(C1CC1)N1CCN(Cc2ccc(C(F)(F)F)cc2)CC1. The minimum Gasteiger partial charge on any atom is -0.340 e. The fourth-order valence-electron chi connectivity index (χ4n) is 2.77. The van der Waals surface area contributed by atoms with Crippen molar-refractivity contribution in [3.05, 3.63) is 35.4 Å². The topological polar surface area (TPSA) is 23.6 Å². The van der Waals surface area contributed by atoms with Crippen molar-refractivity contribution in [1.82, 2.24) is 9.80 Å². The Hall–Kier alpha value is -1.56. The lowest BCUT2D eigenvalue weighted by molar-refractivity contribution is -0.137. The molecule has 6 heteroatoms. The van der Waals surface area contributed by atoms with Crippen LogP contribution in [0.5, 0.6) is 0 Å². The highest BCUT2D eigenvalue weighted by Crippen LogP contribution is 2.31. The summed E-state index contributed by atoms with van der Waals surface area (Å²) in [6, 6.07) is 5.32. The average molecular weight is 312 g/mol. The number of amides is 1. The third kappa shape index (κ3) is 3.61. The molecule has 22 heavy (non-hydrogen) atoms. The molecule has 1 aliphatic carbocycles. The standard InChI is InChI=1S/C16H19F3N2O/c17-16(18,19)14-5-1-12(2-6-14)11-20-7-9-21(10-8-20)15(22)13-3-4-13/h1-2,5-6,13H,3-4,7-11H2. The molecule has 0 radical (unpaired) electrons. The number of hydrogen-bond donors (Lipinski definition) is 0. The Morgan fingerprint density at radius 1 is 1.05 bits per heavy atom. The highest BCUT2D eigenvalue weighted by molar-refractivity contribution is 5.81. The maximum atomic E-state index is 12.5. The molecule has 0 unspecified atom stereocenters. The summed E-state index contributed by atoms with van der Waals surface area (Å²) in [7, 11) is 0. The average Bonchev–Trinajstić information content (AvgIpc) is 3.32. The van der Waals surface area contributed by atoms with Gasteiger partial charge in [-0.05, 0) is 30.5 Å². The van der Waals surface area contributed by atoms with E-state index in [-0.39, 0.29) is 11.8 Å². The Morgan fingerprint density at radius 2 is 1.64 bits per heavy atom. The Morgan fingerprint density at radius 3 is 2.14 bits per heavy atom. The van der Waals surface area contributed by atoms with Crippen LogP contribution < -0.4 is 0 Å². The van der Waals surface area contributed by atoms with E-state index in [1.54, 1.807) is 0 Å². The predicted octanol–water partition coefficient (Wildman–Crippen LogP) is 2.76. The van der Waals surface area contributed by atoms with Crippen LogP contribution in [0.1, 0.15) is 24.0 Å². The first-order valence-corrected chi connectivity index (χ1v) is 7.61. The number of benzene rings is 1. The molecule has 1 amide bonds. The molecule has 1 heterocycles. The molecular formula is C16H19F3N2O. The summed E-state index contributed by atoms with van der Waals surface area (Å²) in [5, 5.41) is 0. The van der Waals surface area contributed by atoms with E-state index >= 15 is 0 Å². The number of nitrogens with zero attached hydrogens (tertiary/aromatic N) is 2. The normalized spacial score (nSPS) is 20.2. The first kappa shape index (κ1) is 15.3. The molecule has 1 aromatic rings. The van der Waals surface area contributed by atoms with Crippen molar-refractivity contribution in [2.45, 2.75) is 25.6 Å². The molecule has 0 aromatic heterocycles. The van der Waals surface area contributed by atoms with Gasteiger partial charge < -0.3 is 4.90 Å². The molecule has 1 aliphatic heterocycles. The molecule has 120 valence electrons. The van der Waals surface area contributed by atoms with Gasteiger partial charge in [0.1, 0.15) is 0 Å². The van der Waals surface area contributed by atoms with Gasteiger partial charge in [-0.2, -0.15) is 13.2 Å². The summed E-state index contributed by atoms with van der Waals surface area (Å²) in [5.74, 6) is 0.524. The number of carbonyl (C=O) groups is 1. The van der Waals surface area contributed by atoms with E-state index in [0.29, 0.717) is 6.54 Å². The quantitative estimate of drug-likeness (QED) is 0.857. The second-order valence-corrected chi connectivity index (χ2v) is 6.07. The Kier molecular flexibility index (Phi) is 4.12. The van der Waals surface area contributed by atoms with Gasteiger partial charge in [-0.15, -0.1) is 0 Å². The zero-order valence-corrected chi connectivity index (χ0v) is 12.3. The first-order chi connectivity index (χ1) is 10.4. The second-order valence-electron chi connectivity index (χ2n) is 6.07. The fraction of sp³-hybridized carbons (Fsp3) is 0.562. The van der Waals surface area contributed by atoms with Crippen LogP contribution in [0.25, 0.3) is 0 Å². The summed E-state index contributed by atoms with van der Waals surface area (Å²) < 4.78 is 37.6. The van der Waals surface area contributed by atoms with Crippen LogP contribution in [0, 0.1) is 5.92 Å². The minimum atomic E-state index is -4.28. The van der Waals surface area contributed by atoms with Crippen LogP contribution in [0.4, 0.5) is 13.2 Å². The van der Waals surface area contributed by atoms with E-state index in [1.807, 2.05) is 4.90 Å². The van der Waals surface area contributed by atoms with Crippen LogP contribution in [0.15, 0.2) is 24.3 Å². The van der Waals surface area contributed by atoms with Crippen molar-refractivity contribution in [1.29, 1.82) is 0 Å². The lowest BCUT2D eigenvalue weighted by Crippen LogP contribution is -2.48. The second kappa shape index (κ2) is 5.91. The van der Waals surface area contributed by atoms with Gasteiger partial charge in [-0.25, -0.2) is 0 Å². The Balaban J connectivity index is 1.51. The molecule has 0 spiro atoms. The largest absolute Gasteiger partial charge is 0.416 e. The maximum absolute atomic E-state index is 12.5. The van der Waals surface area contributed by atoms with Crippen molar-refractivity contribution >= 4 is 5.91 Å². The number of hydrogen-bond acceptors (Lipinski definition) is 2. The number of carbonyl (C=O) groups excluding carboxylic acids is 1. The van der Waals surface area contributed by atoms with Gasteiger partial charge in [0.15, 0.2) is 0 Å². The molecule has 0 atom stereocenters. The summed E-state index contributed by atoms with van der Waals surface area (Å²) in [6.45, 7) is 3.62. The number of alkyl halides is 3. The van der Waals surface area contributed by atoms with Gasteiger partial charge in [-0.3, -0.25) is 9.69 Å². The fourth-order valence-corrected chi connectivity index (χ4v) is 2.77. The molecule has 1 saturated carbocycles. The summed E-state index contributed by atoms with van der Waals surface area (Å²) in [6.07, 6.45) is -2.25. The lowest BCUT2D eigenvalue weighted by Gasteiger charge is -2.35. The van der Waals surface area contributed by atoms with Gasteiger partial charge in [0.05, 0.1) is 5.56 Å². The van der Waals surface area contributed by atoms with Crippen molar-refractivity contribution in [3.63, 3.8) is 0 Å². The van der Waals surface area contributed by atoms with Crippen molar-refractivity contribution in [2.24, 2.45) is 5.92 Å². The summed E-state index contributed by atoms with van der Waals surface area (Å²) >= 11 is 0. The van der Waals surface area contributed by atoms with E-state index in [4.69, 9.17) is 0 Å². The Labute approximate surface area is 127 Å². The molecule has 0 N–H and O–H groups in total. The van der Waals surface area contributed by atoms with Crippen LogP contribution >= 0.6 is 0 Å². The summed E-state index contributed by atoms with van der Waals surface area (Å²) in [4.78, 5) is 16.1. The predicted molar refractivity (Wildman–Crippen MR) is 76.0 cm³/mol. The number of piperazine rings is 1. The molecule has 3 rings (SSSR count). The van der Waals surface area contributed by atoms with Crippen LogP contribution in [-0.2, 0) is 17.5 Å². The molecule has 2 aliphatic rings. The first-order valence-electron chi connectivity index (χ1n) is 7.61. The van der Waals surface area contributed by atoms with Crippen molar-refractivity contribution in [2.75, 3.05) is 26.2 Å². The zero-order valence-electron chi connectivity index (χ0n) is 12.3. The summed E-state index contributed by atoms with van der Waals surface area (Å²) in [5.41, 5.74) is 0.256. The van der Waals surface area contributed by atoms with Crippen LogP contribution in [0.3, 0.4) is 0 Å². The molecular weight excluding hydrogens is 293 g/mol. The minimum absolute atomic E-state index is 0.251. The van der Waals surface area contributed by atoms with Gasteiger partial charge in [0.2, 0.25) is 5.91 Å². The van der Waals surface area contributed by atoms with Gasteiger partial charge in [0, 0.05) is 38.6 Å². The third-order valence-electron chi connectivity index (χ3n) is 4.30. The van der Waals surface area contributed by atoms with E-state index in [1.165, 1.54) is 12.1 Å². The number of rotatable bonds is 3. The van der Waals surface area contributed by atoms with E-state index in [2.05, 4.69) is 4.90 Å². The highest BCUT2D eigenvalue weighted by Gasteiger charge is 2.34. The molecule has 1 aromatic carbocycles. The van der Waals surface area contributed by atoms with Gasteiger partial charge in [-0.1, -0.05) is 12.1 Å². The lowest BCUT2D eigenvalue weighted by atomic mass is 10.1. The Bertz CT molecular complexity index is 529. The van der Waals surface area contributed by atoms with E-state index in [0.717, 1.165) is 56.7 Å². The zero-order chi connectivity index (χ0) is 15.7. The van der Waals surface area contributed by atoms with E-state index < -0.39 is 11.7 Å². The monoisotopic (exact) mass is 312 g/mol. The van der Waals surface area contributed by atoms with Crippen LogP contribution in [-0.4, -0.2) is 41.9 Å². The molecule has 1 saturated heterocycles. The van der Waals surface area contributed by atoms with Gasteiger partial charge in [0.25, 0.3) is 0 Å². The molecule has 0 bridgehead atoms. The third-order valence-corrected chi connectivity index (χ3v) is 4.30. The highest BCUT2D eigenvalue weighted by atomic mass is 19.4. The van der Waals surface area contributed by atoms with Crippen LogP contribution in [0.2, 0.25) is 0 Å². The number of halogens is 3. The maximum Gasteiger partial charge on any atom is 0.416 e. The van der Waals surface area contributed by atoms with E-state index in [9.17, 15) is 18.0 Å². The van der Waals surface area contributed by atoms with Crippen molar-refractivity contribution < 1.29 is 18.0 Å².